The van der Waals surface area contributed by atoms with Gasteiger partial charge in [-0.05, 0) is 23.3 Å². The molecule has 0 fully saturated rings. The third kappa shape index (κ3) is 3.81. The predicted octanol–water partition coefficient (Wildman–Crippen LogP) is 2.33. The van der Waals surface area contributed by atoms with E-state index in [2.05, 4.69) is 0 Å². The van der Waals surface area contributed by atoms with Gasteiger partial charge in [0.25, 0.3) is 0 Å². The van der Waals surface area contributed by atoms with Crippen LogP contribution in [0.1, 0.15) is 17.0 Å². The number of benzene rings is 2. The van der Waals surface area contributed by atoms with Crippen LogP contribution in [0.2, 0.25) is 0 Å². The van der Waals surface area contributed by atoms with Crippen LogP contribution in [0, 0.1) is 0 Å². The molecule has 0 saturated heterocycles. The Morgan fingerprint density at radius 3 is 2.32 bits per heavy atom. The van der Waals surface area contributed by atoms with Gasteiger partial charge in [0, 0.05) is 5.92 Å². The summed E-state index contributed by atoms with van der Waals surface area (Å²) >= 11 is 0. The van der Waals surface area contributed by atoms with Crippen LogP contribution in [-0.2, 0) is 6.61 Å². The lowest BCUT2D eigenvalue weighted by Gasteiger charge is -2.13. The molecular weight excluding hydrogens is 240 g/mol. The molecule has 2 aromatic carbocycles. The highest BCUT2D eigenvalue weighted by Crippen LogP contribution is 2.21. The molecule has 2 rings (SSSR count). The minimum atomic E-state index is -0.250. The summed E-state index contributed by atoms with van der Waals surface area (Å²) in [5, 5.41) is 18.4. The van der Waals surface area contributed by atoms with Crippen LogP contribution in [0.25, 0.3) is 0 Å². The van der Waals surface area contributed by atoms with E-state index in [1.165, 1.54) is 0 Å². The quantitative estimate of drug-likeness (QED) is 0.836. The van der Waals surface area contributed by atoms with Gasteiger partial charge in [-0.3, -0.25) is 0 Å². The number of rotatable bonds is 6. The van der Waals surface area contributed by atoms with Crippen molar-refractivity contribution in [3.05, 3.63) is 65.7 Å². The fraction of sp³-hybridized carbons (Fsp3) is 0.250. The van der Waals surface area contributed by atoms with Crippen molar-refractivity contribution >= 4 is 0 Å². The summed E-state index contributed by atoms with van der Waals surface area (Å²) in [5.41, 5.74) is 1.99. The first kappa shape index (κ1) is 13.6. The Hall–Kier alpha value is -1.84. The average Bonchev–Trinajstić information content (AvgIpc) is 2.48. The van der Waals surface area contributed by atoms with Crippen molar-refractivity contribution in [1.82, 2.24) is 0 Å². The van der Waals surface area contributed by atoms with Crippen molar-refractivity contribution in [2.24, 2.45) is 0 Å². The van der Waals surface area contributed by atoms with E-state index in [0.29, 0.717) is 6.61 Å². The highest BCUT2D eigenvalue weighted by atomic mass is 16.5. The van der Waals surface area contributed by atoms with Crippen molar-refractivity contribution < 1.29 is 14.9 Å². The molecule has 0 radical (unpaired) electrons. The van der Waals surface area contributed by atoms with E-state index in [0.717, 1.165) is 16.9 Å². The Balaban J connectivity index is 2.03. The summed E-state index contributed by atoms with van der Waals surface area (Å²) in [6, 6.07) is 17.4. The second-order valence-corrected chi connectivity index (χ2v) is 4.41. The monoisotopic (exact) mass is 258 g/mol. The van der Waals surface area contributed by atoms with Gasteiger partial charge in [0.15, 0.2) is 0 Å². The topological polar surface area (TPSA) is 49.7 Å². The molecule has 0 aliphatic carbocycles. The molecule has 2 aromatic rings. The van der Waals surface area contributed by atoms with Gasteiger partial charge in [0.1, 0.15) is 12.4 Å². The van der Waals surface area contributed by atoms with E-state index in [4.69, 9.17) is 4.74 Å². The molecule has 0 unspecified atom stereocenters. The van der Waals surface area contributed by atoms with Crippen molar-refractivity contribution in [3.8, 4) is 5.75 Å². The van der Waals surface area contributed by atoms with Gasteiger partial charge in [0.2, 0.25) is 0 Å². The molecule has 19 heavy (non-hydrogen) atoms. The molecule has 0 amide bonds. The molecule has 0 aromatic heterocycles. The van der Waals surface area contributed by atoms with Crippen molar-refractivity contribution in [3.63, 3.8) is 0 Å². The number of hydrogen-bond acceptors (Lipinski definition) is 3. The van der Waals surface area contributed by atoms with Crippen molar-refractivity contribution in [2.75, 3.05) is 13.2 Å². The zero-order chi connectivity index (χ0) is 13.5. The number of aliphatic hydroxyl groups excluding tert-OH is 2. The Kier molecular flexibility index (Phi) is 4.95. The van der Waals surface area contributed by atoms with Crippen molar-refractivity contribution in [1.29, 1.82) is 0 Å². The van der Waals surface area contributed by atoms with E-state index in [1.54, 1.807) is 0 Å². The van der Waals surface area contributed by atoms with Gasteiger partial charge in [-0.1, -0.05) is 42.5 Å². The normalized spacial score (nSPS) is 10.7. The number of aliphatic hydroxyl groups is 2. The lowest BCUT2D eigenvalue weighted by Crippen LogP contribution is -2.08. The van der Waals surface area contributed by atoms with Crippen LogP contribution >= 0.6 is 0 Å². The molecule has 3 heteroatoms. The highest BCUT2D eigenvalue weighted by Gasteiger charge is 2.09. The lowest BCUT2D eigenvalue weighted by atomic mass is 10.0. The Bertz CT molecular complexity index is 492. The molecule has 100 valence electrons. The van der Waals surface area contributed by atoms with Gasteiger partial charge in [-0.15, -0.1) is 0 Å². The summed E-state index contributed by atoms with van der Waals surface area (Å²) in [7, 11) is 0. The largest absolute Gasteiger partial charge is 0.489 e. The molecule has 0 aliphatic heterocycles. The third-order valence-electron chi connectivity index (χ3n) is 3.02. The first-order valence-corrected chi connectivity index (χ1v) is 6.32. The average molecular weight is 258 g/mol. The van der Waals surface area contributed by atoms with Crippen LogP contribution in [0.5, 0.6) is 5.75 Å². The number of hydrogen-bond donors (Lipinski definition) is 2. The molecule has 3 nitrogen and oxygen atoms in total. The maximum atomic E-state index is 9.18. The molecule has 0 saturated carbocycles. The van der Waals surface area contributed by atoms with E-state index in [-0.39, 0.29) is 19.1 Å². The predicted molar refractivity (Wildman–Crippen MR) is 74.1 cm³/mol. The van der Waals surface area contributed by atoms with Gasteiger partial charge >= 0.3 is 0 Å². The fourth-order valence-electron chi connectivity index (χ4n) is 1.87. The molecule has 0 atom stereocenters. The molecule has 2 N–H and O–H groups in total. The van der Waals surface area contributed by atoms with Crippen LogP contribution in [0.4, 0.5) is 0 Å². The van der Waals surface area contributed by atoms with E-state index >= 15 is 0 Å². The first-order chi connectivity index (χ1) is 9.33. The van der Waals surface area contributed by atoms with Crippen LogP contribution in [0.3, 0.4) is 0 Å². The Morgan fingerprint density at radius 2 is 1.63 bits per heavy atom. The minimum Gasteiger partial charge on any atom is -0.489 e. The van der Waals surface area contributed by atoms with Crippen molar-refractivity contribution in [2.45, 2.75) is 12.5 Å². The SMILES string of the molecule is OCC(CO)c1cccc(OCc2ccccc2)c1. The van der Waals surface area contributed by atoms with Crippen LogP contribution in [-0.4, -0.2) is 23.4 Å². The third-order valence-corrected chi connectivity index (χ3v) is 3.02. The standard InChI is InChI=1S/C16H18O3/c17-10-15(11-18)14-7-4-8-16(9-14)19-12-13-5-2-1-3-6-13/h1-9,15,17-18H,10-12H2. The van der Waals surface area contributed by atoms with E-state index in [1.807, 2.05) is 54.6 Å². The lowest BCUT2D eigenvalue weighted by molar-refractivity contribution is 0.192. The second-order valence-electron chi connectivity index (χ2n) is 4.41. The molecule has 0 heterocycles. The smallest absolute Gasteiger partial charge is 0.120 e. The van der Waals surface area contributed by atoms with Gasteiger partial charge < -0.3 is 14.9 Å². The summed E-state index contributed by atoms with van der Waals surface area (Å²) in [5.74, 6) is 0.494. The van der Waals surface area contributed by atoms with Crippen LogP contribution in [0.15, 0.2) is 54.6 Å². The Morgan fingerprint density at radius 1 is 0.895 bits per heavy atom. The summed E-state index contributed by atoms with van der Waals surface area (Å²) in [4.78, 5) is 0. The fourth-order valence-corrected chi connectivity index (χ4v) is 1.87. The zero-order valence-corrected chi connectivity index (χ0v) is 10.7. The maximum absolute atomic E-state index is 9.18. The van der Waals surface area contributed by atoms with E-state index < -0.39 is 0 Å². The number of ether oxygens (including phenoxy) is 1. The zero-order valence-electron chi connectivity index (χ0n) is 10.7. The summed E-state index contributed by atoms with van der Waals surface area (Å²) < 4.78 is 5.71. The molecule has 0 aliphatic rings. The molecule has 0 spiro atoms. The molecule has 0 bridgehead atoms. The first-order valence-electron chi connectivity index (χ1n) is 6.32. The minimum absolute atomic E-state index is 0.0708. The highest BCUT2D eigenvalue weighted by molar-refractivity contribution is 5.31. The van der Waals surface area contributed by atoms with Gasteiger partial charge in [-0.25, -0.2) is 0 Å². The maximum Gasteiger partial charge on any atom is 0.120 e. The second kappa shape index (κ2) is 6.92. The van der Waals surface area contributed by atoms with Gasteiger partial charge in [-0.2, -0.15) is 0 Å². The van der Waals surface area contributed by atoms with Crippen LogP contribution < -0.4 is 4.74 Å². The summed E-state index contributed by atoms with van der Waals surface area (Å²) in [6.07, 6.45) is 0. The summed E-state index contributed by atoms with van der Waals surface area (Å²) in [6.45, 7) is 0.366. The van der Waals surface area contributed by atoms with Gasteiger partial charge in [0.05, 0.1) is 13.2 Å². The molecular formula is C16H18O3. The Labute approximate surface area is 113 Å². The van der Waals surface area contributed by atoms with E-state index in [9.17, 15) is 10.2 Å².